The van der Waals surface area contributed by atoms with Gasteiger partial charge < -0.3 is 0 Å². The zero-order valence-electron chi connectivity index (χ0n) is 11.4. The van der Waals surface area contributed by atoms with Crippen LogP contribution in [-0.2, 0) is 0 Å². The summed E-state index contributed by atoms with van der Waals surface area (Å²) in [5, 5.41) is 2.15. The van der Waals surface area contributed by atoms with E-state index in [0.717, 1.165) is 40.1 Å². The first kappa shape index (κ1) is 14.3. The fourth-order valence-electron chi connectivity index (χ4n) is 2.38. The molecule has 2 heteroatoms. The summed E-state index contributed by atoms with van der Waals surface area (Å²) in [7, 11) is 0. The molecule has 0 N–H and O–H groups in total. The molecule has 2 aromatic rings. The molecule has 0 heterocycles. The monoisotopic (exact) mass is 318 g/mol. The van der Waals surface area contributed by atoms with Crippen molar-refractivity contribution in [2.45, 2.75) is 33.1 Å². The first-order valence-corrected chi connectivity index (χ1v) is 7.66. The van der Waals surface area contributed by atoms with Gasteiger partial charge in [-0.1, -0.05) is 66.9 Å². The molecular formula is C17H19BrO. The number of Topliss-reactive ketones (excluding diaryl/α,β-unsaturated/α-hetero) is 1. The molecule has 19 heavy (non-hydrogen) atoms. The van der Waals surface area contributed by atoms with Gasteiger partial charge in [0.1, 0.15) is 0 Å². The van der Waals surface area contributed by atoms with Crippen molar-refractivity contribution < 1.29 is 4.79 Å². The summed E-state index contributed by atoms with van der Waals surface area (Å²) in [4.78, 5) is 12.6. The van der Waals surface area contributed by atoms with Gasteiger partial charge in [-0.2, -0.15) is 0 Å². The maximum Gasteiger partial charge on any atom is 0.166 e. The van der Waals surface area contributed by atoms with E-state index in [9.17, 15) is 4.79 Å². The zero-order chi connectivity index (χ0) is 13.8. The largest absolute Gasteiger partial charge is 0.294 e. The van der Waals surface area contributed by atoms with Crippen molar-refractivity contribution in [3.05, 3.63) is 46.4 Å². The lowest BCUT2D eigenvalue weighted by molar-refractivity contribution is 0.0924. The highest BCUT2D eigenvalue weighted by molar-refractivity contribution is 9.10. The van der Waals surface area contributed by atoms with Crippen molar-refractivity contribution >= 4 is 32.5 Å². The predicted octanol–water partition coefficient (Wildman–Crippen LogP) is 5.61. The number of halogens is 1. The summed E-state index contributed by atoms with van der Waals surface area (Å²) >= 11 is 3.55. The molecule has 0 spiro atoms. The Balaban J connectivity index is 2.40. The fourth-order valence-corrected chi connectivity index (χ4v) is 2.86. The van der Waals surface area contributed by atoms with E-state index in [1.807, 2.05) is 43.3 Å². The highest BCUT2D eigenvalue weighted by atomic mass is 79.9. The average Bonchev–Trinajstić information content (AvgIpc) is 2.45. The highest BCUT2D eigenvalue weighted by Crippen LogP contribution is 2.29. The van der Waals surface area contributed by atoms with Crippen LogP contribution in [0.2, 0.25) is 0 Å². The minimum Gasteiger partial charge on any atom is -0.294 e. The van der Waals surface area contributed by atoms with E-state index in [4.69, 9.17) is 0 Å². The Kier molecular flexibility index (Phi) is 4.76. The molecule has 2 rings (SSSR count). The molecule has 1 atom stereocenters. The van der Waals surface area contributed by atoms with E-state index in [1.165, 1.54) is 0 Å². The molecule has 0 aliphatic heterocycles. The molecule has 100 valence electrons. The molecule has 0 saturated carbocycles. The Morgan fingerprint density at radius 1 is 1.16 bits per heavy atom. The van der Waals surface area contributed by atoms with Gasteiger partial charge >= 0.3 is 0 Å². The van der Waals surface area contributed by atoms with E-state index in [1.54, 1.807) is 0 Å². The second-order valence-electron chi connectivity index (χ2n) is 5.05. The number of rotatable bonds is 5. The normalized spacial score (nSPS) is 12.6. The second kappa shape index (κ2) is 6.33. The molecule has 0 aliphatic carbocycles. The van der Waals surface area contributed by atoms with Crippen molar-refractivity contribution in [3.8, 4) is 0 Å². The lowest BCUT2D eigenvalue weighted by atomic mass is 9.91. The first-order chi connectivity index (χ1) is 9.15. The van der Waals surface area contributed by atoms with Crippen molar-refractivity contribution in [2.75, 3.05) is 0 Å². The van der Waals surface area contributed by atoms with Crippen LogP contribution in [0, 0.1) is 5.92 Å². The summed E-state index contributed by atoms with van der Waals surface area (Å²) < 4.78 is 1.04. The van der Waals surface area contributed by atoms with Gasteiger partial charge in [0, 0.05) is 16.0 Å². The summed E-state index contributed by atoms with van der Waals surface area (Å²) in [6.07, 6.45) is 3.22. The van der Waals surface area contributed by atoms with Crippen molar-refractivity contribution in [2.24, 2.45) is 5.92 Å². The molecule has 0 aromatic heterocycles. The Morgan fingerprint density at radius 3 is 2.53 bits per heavy atom. The molecule has 0 aliphatic rings. The Hall–Kier alpha value is -1.15. The van der Waals surface area contributed by atoms with Gasteiger partial charge in [-0.25, -0.2) is 0 Å². The van der Waals surface area contributed by atoms with E-state index in [0.29, 0.717) is 0 Å². The molecule has 0 bridgehead atoms. The lowest BCUT2D eigenvalue weighted by Gasteiger charge is -2.12. The van der Waals surface area contributed by atoms with Crippen molar-refractivity contribution in [1.82, 2.24) is 0 Å². The Labute approximate surface area is 123 Å². The maximum absolute atomic E-state index is 12.6. The quantitative estimate of drug-likeness (QED) is 0.655. The highest BCUT2D eigenvalue weighted by Gasteiger charge is 2.17. The third-order valence-electron chi connectivity index (χ3n) is 3.57. The molecule has 1 unspecified atom stereocenters. The number of ketones is 1. The number of hydrogen-bond acceptors (Lipinski definition) is 1. The van der Waals surface area contributed by atoms with Crippen LogP contribution in [0.4, 0.5) is 0 Å². The van der Waals surface area contributed by atoms with Gasteiger partial charge in [-0.3, -0.25) is 4.79 Å². The predicted molar refractivity (Wildman–Crippen MR) is 84.7 cm³/mol. The van der Waals surface area contributed by atoms with Crippen LogP contribution in [0.1, 0.15) is 43.5 Å². The topological polar surface area (TPSA) is 17.1 Å². The van der Waals surface area contributed by atoms with Gasteiger partial charge in [-0.15, -0.1) is 0 Å². The molecule has 2 aromatic carbocycles. The average molecular weight is 319 g/mol. The lowest BCUT2D eigenvalue weighted by Crippen LogP contribution is -2.11. The number of fused-ring (bicyclic) bond motifs is 1. The van der Waals surface area contributed by atoms with E-state index in [2.05, 4.69) is 22.9 Å². The van der Waals surface area contributed by atoms with Gasteiger partial charge in [0.05, 0.1) is 0 Å². The number of benzene rings is 2. The first-order valence-electron chi connectivity index (χ1n) is 6.86. The fraction of sp³-hybridized carbons (Fsp3) is 0.353. The number of carbonyl (C=O) groups is 1. The summed E-state index contributed by atoms with van der Waals surface area (Å²) in [6, 6.07) is 12.0. The number of carbonyl (C=O) groups excluding carboxylic acids is 1. The number of hydrogen-bond donors (Lipinski definition) is 0. The minimum atomic E-state index is 0.101. The van der Waals surface area contributed by atoms with Crippen LogP contribution in [0.5, 0.6) is 0 Å². The smallest absolute Gasteiger partial charge is 0.166 e. The Morgan fingerprint density at radius 2 is 1.84 bits per heavy atom. The van der Waals surface area contributed by atoms with Crippen LogP contribution in [0.25, 0.3) is 10.8 Å². The standard InChI is InChI=1S/C17H19BrO/c1-3-4-7-12(2)17(19)15-10-11-16(18)14-9-6-5-8-13(14)15/h5-6,8-12H,3-4,7H2,1-2H3. The molecule has 0 fully saturated rings. The van der Waals surface area contributed by atoms with Crippen molar-refractivity contribution in [1.29, 1.82) is 0 Å². The van der Waals surface area contributed by atoms with Crippen molar-refractivity contribution in [3.63, 3.8) is 0 Å². The van der Waals surface area contributed by atoms with E-state index < -0.39 is 0 Å². The van der Waals surface area contributed by atoms with Crippen LogP contribution < -0.4 is 0 Å². The molecule has 0 radical (unpaired) electrons. The molecule has 0 saturated heterocycles. The molecule has 1 nitrogen and oxygen atoms in total. The van der Waals surface area contributed by atoms with Crippen LogP contribution in [0.15, 0.2) is 40.9 Å². The van der Waals surface area contributed by atoms with Gasteiger partial charge in [-0.05, 0) is 29.3 Å². The second-order valence-corrected chi connectivity index (χ2v) is 5.90. The van der Waals surface area contributed by atoms with Crippen LogP contribution >= 0.6 is 15.9 Å². The van der Waals surface area contributed by atoms with Crippen LogP contribution in [0.3, 0.4) is 0 Å². The molecular weight excluding hydrogens is 300 g/mol. The minimum absolute atomic E-state index is 0.101. The molecule has 0 amide bonds. The summed E-state index contributed by atoms with van der Waals surface area (Å²) in [5.74, 6) is 0.363. The summed E-state index contributed by atoms with van der Waals surface area (Å²) in [5.41, 5.74) is 0.849. The van der Waals surface area contributed by atoms with Gasteiger partial charge in [0.15, 0.2) is 5.78 Å². The number of unbranched alkanes of at least 4 members (excludes halogenated alkanes) is 1. The Bertz CT molecular complexity index is 589. The third-order valence-corrected chi connectivity index (χ3v) is 4.27. The van der Waals surface area contributed by atoms with E-state index >= 15 is 0 Å². The van der Waals surface area contributed by atoms with Gasteiger partial charge in [0.2, 0.25) is 0 Å². The SMILES string of the molecule is CCCCC(C)C(=O)c1ccc(Br)c2ccccc12. The summed E-state index contributed by atoms with van der Waals surface area (Å²) in [6.45, 7) is 4.20. The third kappa shape index (κ3) is 3.06. The maximum atomic E-state index is 12.6. The van der Waals surface area contributed by atoms with Gasteiger partial charge in [0.25, 0.3) is 0 Å². The zero-order valence-corrected chi connectivity index (χ0v) is 13.0. The van der Waals surface area contributed by atoms with E-state index in [-0.39, 0.29) is 11.7 Å². The van der Waals surface area contributed by atoms with Crippen LogP contribution in [-0.4, -0.2) is 5.78 Å².